The Labute approximate surface area is 105 Å². The molecule has 0 atom stereocenters. The first kappa shape index (κ1) is 12.8. The molecule has 2 N–H and O–H groups in total. The molecule has 1 aliphatic rings. The van der Waals surface area contributed by atoms with E-state index in [0.717, 1.165) is 0 Å². The van der Waals surface area contributed by atoms with Gasteiger partial charge in [0.05, 0.1) is 17.1 Å². The molecule has 0 bridgehead atoms. The minimum absolute atomic E-state index is 0.0759. The Morgan fingerprint density at radius 2 is 1.94 bits per heavy atom. The molecule has 18 heavy (non-hydrogen) atoms. The highest BCUT2D eigenvalue weighted by molar-refractivity contribution is 5.63. The molecule has 0 aliphatic carbocycles. The number of rotatable bonds is 3. The van der Waals surface area contributed by atoms with Gasteiger partial charge in [-0.2, -0.15) is 0 Å². The second kappa shape index (κ2) is 4.91. The summed E-state index contributed by atoms with van der Waals surface area (Å²) < 4.78 is 0. The van der Waals surface area contributed by atoms with Crippen molar-refractivity contribution in [1.29, 1.82) is 0 Å². The van der Waals surface area contributed by atoms with Crippen molar-refractivity contribution in [2.24, 2.45) is 0 Å². The van der Waals surface area contributed by atoms with Crippen LogP contribution in [0.25, 0.3) is 0 Å². The zero-order valence-corrected chi connectivity index (χ0v) is 9.95. The van der Waals surface area contributed by atoms with E-state index in [-0.39, 0.29) is 12.3 Å². The van der Waals surface area contributed by atoms with Crippen molar-refractivity contribution in [3.63, 3.8) is 0 Å². The number of nitro benzene ring substituents is 1. The Balaban J connectivity index is 2.17. The third kappa shape index (κ3) is 2.44. The Hall–Kier alpha value is -1.66. The monoisotopic (exact) mass is 252 g/mol. The first-order valence-corrected chi connectivity index (χ1v) is 5.87. The summed E-state index contributed by atoms with van der Waals surface area (Å²) in [6, 6.07) is 6.58. The molecule has 0 saturated carbocycles. The second-order valence-electron chi connectivity index (χ2n) is 4.62. The number of nitrogens with zero attached hydrogens (tertiary/aromatic N) is 2. The van der Waals surface area contributed by atoms with Crippen molar-refractivity contribution in [2.75, 3.05) is 24.6 Å². The number of nitro groups is 1. The molecule has 1 heterocycles. The van der Waals surface area contributed by atoms with Gasteiger partial charge in [-0.25, -0.2) is 0 Å². The minimum atomic E-state index is -1.04. The zero-order valence-electron chi connectivity index (χ0n) is 9.95. The average Bonchev–Trinajstić information content (AvgIpc) is 2.39. The summed E-state index contributed by atoms with van der Waals surface area (Å²) in [7, 11) is 0. The van der Waals surface area contributed by atoms with Gasteiger partial charge in [0, 0.05) is 19.2 Å². The Bertz CT molecular complexity index is 441. The van der Waals surface area contributed by atoms with E-state index < -0.39 is 10.5 Å². The number of piperidine rings is 1. The average molecular weight is 252 g/mol. The summed E-state index contributed by atoms with van der Waals surface area (Å²) in [5.74, 6) is 0. The Morgan fingerprint density at radius 3 is 2.50 bits per heavy atom. The van der Waals surface area contributed by atoms with E-state index in [1.165, 1.54) is 6.07 Å². The second-order valence-corrected chi connectivity index (χ2v) is 4.62. The minimum Gasteiger partial charge on any atom is -0.393 e. The van der Waals surface area contributed by atoms with E-state index >= 15 is 0 Å². The topological polar surface area (TPSA) is 86.8 Å². The summed E-state index contributed by atoms with van der Waals surface area (Å²) in [4.78, 5) is 12.4. The van der Waals surface area contributed by atoms with Gasteiger partial charge < -0.3 is 15.1 Å². The predicted molar refractivity (Wildman–Crippen MR) is 66.6 cm³/mol. The molecule has 0 aromatic heterocycles. The molecule has 1 aromatic rings. The van der Waals surface area contributed by atoms with Crippen LogP contribution < -0.4 is 4.90 Å². The summed E-state index contributed by atoms with van der Waals surface area (Å²) >= 11 is 0. The zero-order chi connectivity index (χ0) is 13.2. The molecule has 0 radical (unpaired) electrons. The van der Waals surface area contributed by atoms with Crippen LogP contribution in [0.4, 0.5) is 11.4 Å². The van der Waals surface area contributed by atoms with Gasteiger partial charge in [0.1, 0.15) is 5.69 Å². The lowest BCUT2D eigenvalue weighted by Gasteiger charge is -2.37. The molecule has 6 nitrogen and oxygen atoms in total. The molecule has 0 unspecified atom stereocenters. The molecule has 0 spiro atoms. The molecule has 1 fully saturated rings. The predicted octanol–water partition coefficient (Wildman–Crippen LogP) is 0.918. The maximum Gasteiger partial charge on any atom is 0.292 e. The van der Waals surface area contributed by atoms with E-state index in [9.17, 15) is 15.2 Å². The number of aliphatic hydroxyl groups is 2. The van der Waals surface area contributed by atoms with Crippen molar-refractivity contribution in [1.82, 2.24) is 0 Å². The highest BCUT2D eigenvalue weighted by Crippen LogP contribution is 2.32. The van der Waals surface area contributed by atoms with Crippen LogP contribution in [0.1, 0.15) is 12.8 Å². The summed E-state index contributed by atoms with van der Waals surface area (Å²) in [6.45, 7) is 0.738. The van der Waals surface area contributed by atoms with Gasteiger partial charge in [0.15, 0.2) is 0 Å². The molecular weight excluding hydrogens is 236 g/mol. The van der Waals surface area contributed by atoms with Gasteiger partial charge in [0.25, 0.3) is 5.69 Å². The van der Waals surface area contributed by atoms with Crippen LogP contribution in [0.15, 0.2) is 24.3 Å². The smallest absolute Gasteiger partial charge is 0.292 e. The first-order valence-electron chi connectivity index (χ1n) is 5.87. The molecule has 0 amide bonds. The Kier molecular flexibility index (Phi) is 3.49. The van der Waals surface area contributed by atoms with Crippen molar-refractivity contribution < 1.29 is 15.1 Å². The first-order chi connectivity index (χ1) is 8.56. The highest BCUT2D eigenvalue weighted by atomic mass is 16.6. The fraction of sp³-hybridized carbons (Fsp3) is 0.500. The van der Waals surface area contributed by atoms with Gasteiger partial charge in [-0.15, -0.1) is 0 Å². The lowest BCUT2D eigenvalue weighted by atomic mass is 9.92. The van der Waals surface area contributed by atoms with Crippen LogP contribution in [-0.4, -0.2) is 40.4 Å². The SMILES string of the molecule is O=[N+]([O-])c1ccccc1N1CCC(O)(CO)CC1. The van der Waals surface area contributed by atoms with Gasteiger partial charge in [-0.05, 0) is 18.9 Å². The normalized spacial score (nSPS) is 18.7. The lowest BCUT2D eigenvalue weighted by molar-refractivity contribution is -0.384. The van der Waals surface area contributed by atoms with Crippen LogP contribution in [0.5, 0.6) is 0 Å². The van der Waals surface area contributed by atoms with Gasteiger partial charge in [-0.3, -0.25) is 10.1 Å². The van der Waals surface area contributed by atoms with Crippen LogP contribution in [0.3, 0.4) is 0 Å². The van der Waals surface area contributed by atoms with Crippen LogP contribution in [-0.2, 0) is 0 Å². The van der Waals surface area contributed by atoms with Gasteiger partial charge >= 0.3 is 0 Å². The van der Waals surface area contributed by atoms with E-state index in [1.807, 2.05) is 4.90 Å². The molecule has 6 heteroatoms. The van der Waals surface area contributed by atoms with E-state index in [0.29, 0.717) is 31.6 Å². The summed E-state index contributed by atoms with van der Waals surface area (Å²) in [6.07, 6.45) is 0.825. The van der Waals surface area contributed by atoms with Crippen LogP contribution in [0, 0.1) is 10.1 Å². The molecule has 98 valence electrons. The number of para-hydroxylation sites is 2. The summed E-state index contributed by atoms with van der Waals surface area (Å²) in [5.41, 5.74) is -0.394. The molecule has 1 aromatic carbocycles. The summed E-state index contributed by atoms with van der Waals surface area (Å²) in [5, 5.41) is 29.9. The number of aliphatic hydroxyl groups excluding tert-OH is 1. The molecule has 2 rings (SSSR count). The fourth-order valence-electron chi connectivity index (χ4n) is 2.21. The van der Waals surface area contributed by atoms with E-state index in [4.69, 9.17) is 5.11 Å². The van der Waals surface area contributed by atoms with Crippen molar-refractivity contribution in [3.05, 3.63) is 34.4 Å². The number of hydrogen-bond donors (Lipinski definition) is 2. The number of anilines is 1. The van der Waals surface area contributed by atoms with Crippen molar-refractivity contribution >= 4 is 11.4 Å². The lowest BCUT2D eigenvalue weighted by Crippen LogP contribution is -2.46. The van der Waals surface area contributed by atoms with E-state index in [1.54, 1.807) is 18.2 Å². The van der Waals surface area contributed by atoms with Gasteiger partial charge in [-0.1, -0.05) is 12.1 Å². The highest BCUT2D eigenvalue weighted by Gasteiger charge is 2.33. The molecular formula is C12H16N2O4. The molecule has 1 saturated heterocycles. The number of benzene rings is 1. The van der Waals surface area contributed by atoms with Crippen molar-refractivity contribution in [3.8, 4) is 0 Å². The fourth-order valence-corrected chi connectivity index (χ4v) is 2.21. The maximum atomic E-state index is 10.9. The molecule has 1 aliphatic heterocycles. The van der Waals surface area contributed by atoms with Crippen LogP contribution >= 0.6 is 0 Å². The third-order valence-electron chi connectivity index (χ3n) is 3.41. The van der Waals surface area contributed by atoms with Gasteiger partial charge in [0.2, 0.25) is 0 Å². The Morgan fingerprint density at radius 1 is 1.33 bits per heavy atom. The van der Waals surface area contributed by atoms with E-state index in [2.05, 4.69) is 0 Å². The standard InChI is InChI=1S/C12H16N2O4/c15-9-12(16)5-7-13(8-6-12)10-3-1-2-4-11(10)14(17)18/h1-4,15-16H,5-9H2. The largest absolute Gasteiger partial charge is 0.393 e. The number of hydrogen-bond acceptors (Lipinski definition) is 5. The maximum absolute atomic E-state index is 10.9. The quantitative estimate of drug-likeness (QED) is 0.617. The van der Waals surface area contributed by atoms with Crippen LogP contribution in [0.2, 0.25) is 0 Å². The third-order valence-corrected chi connectivity index (χ3v) is 3.41. The van der Waals surface area contributed by atoms with Crippen molar-refractivity contribution in [2.45, 2.75) is 18.4 Å².